The third-order valence-electron chi connectivity index (χ3n) is 1.90. The molecule has 1 rings (SSSR count). The summed E-state index contributed by atoms with van der Waals surface area (Å²) in [5, 5.41) is 11.7. The molecule has 0 aliphatic carbocycles. The van der Waals surface area contributed by atoms with E-state index in [1.807, 2.05) is 30.3 Å². The van der Waals surface area contributed by atoms with E-state index in [2.05, 4.69) is 17.9 Å². The maximum absolute atomic E-state index is 10.8. The molecule has 16 heavy (non-hydrogen) atoms. The van der Waals surface area contributed by atoms with E-state index >= 15 is 0 Å². The number of benzene rings is 1. The van der Waals surface area contributed by atoms with Crippen LogP contribution in [-0.2, 0) is 11.3 Å². The van der Waals surface area contributed by atoms with Crippen LogP contribution in [0.15, 0.2) is 40.9 Å². The van der Waals surface area contributed by atoms with Crippen LogP contribution in [0.4, 0.5) is 0 Å². The average molecular weight is 233 g/mol. The zero-order chi connectivity index (χ0) is 12.0. The van der Waals surface area contributed by atoms with Crippen LogP contribution in [0.2, 0.25) is 0 Å². The van der Waals surface area contributed by atoms with Gasteiger partial charge in [-0.15, -0.1) is 12.6 Å². The van der Waals surface area contributed by atoms with Crippen molar-refractivity contribution in [2.75, 3.05) is 0 Å². The Hall–Kier alpha value is -1.93. The number of rotatable bonds is 4. The summed E-state index contributed by atoms with van der Waals surface area (Å²) in [6.45, 7) is 0.484. The molecule has 0 heterocycles. The van der Waals surface area contributed by atoms with Gasteiger partial charge in [-0.25, -0.2) is 0 Å². The minimum Gasteiger partial charge on any atom is -0.375 e. The van der Waals surface area contributed by atoms with E-state index in [1.165, 1.54) is 0 Å². The number of carbonyl (C=O) groups excluding carboxylic acids is 1. The summed E-state index contributed by atoms with van der Waals surface area (Å²) in [6, 6.07) is 11.3. The molecule has 1 amide bonds. The molecule has 82 valence electrons. The molecule has 0 aliphatic heterocycles. The molecule has 4 nitrogen and oxygen atoms in total. The molecule has 0 saturated carbocycles. The second-order valence-corrected chi connectivity index (χ2v) is 3.49. The lowest BCUT2D eigenvalue weighted by Crippen LogP contribution is -2.19. The van der Waals surface area contributed by atoms with Crippen LogP contribution in [0.5, 0.6) is 0 Å². The largest absolute Gasteiger partial charge is 0.375 e. The van der Waals surface area contributed by atoms with Crippen molar-refractivity contribution in [1.29, 1.82) is 5.26 Å². The quantitative estimate of drug-likeness (QED) is 0.411. The van der Waals surface area contributed by atoms with Crippen LogP contribution in [-0.4, -0.2) is 5.91 Å². The highest BCUT2D eigenvalue weighted by Gasteiger charge is 2.08. The Balaban J connectivity index is 2.69. The normalized spacial score (nSPS) is 11.2. The van der Waals surface area contributed by atoms with Crippen LogP contribution < -0.4 is 11.1 Å². The number of primary amides is 1. The van der Waals surface area contributed by atoms with Crippen molar-refractivity contribution in [3.8, 4) is 6.07 Å². The van der Waals surface area contributed by atoms with Crippen molar-refractivity contribution in [1.82, 2.24) is 5.32 Å². The summed E-state index contributed by atoms with van der Waals surface area (Å²) in [7, 11) is 0. The maximum Gasteiger partial charge on any atom is 0.262 e. The SMILES string of the molecule is N#C/C(C(N)=O)=C(\S)NCc1ccccc1. The fourth-order valence-electron chi connectivity index (χ4n) is 1.09. The van der Waals surface area contributed by atoms with Gasteiger partial charge in [0.1, 0.15) is 11.6 Å². The first kappa shape index (κ1) is 12.1. The number of amides is 1. The molecule has 5 heteroatoms. The Kier molecular flexibility index (Phi) is 4.42. The average Bonchev–Trinajstić information content (AvgIpc) is 2.28. The Morgan fingerprint density at radius 2 is 2.06 bits per heavy atom. The number of thiol groups is 1. The molecule has 0 bridgehead atoms. The smallest absolute Gasteiger partial charge is 0.262 e. The molecule has 3 N–H and O–H groups in total. The summed E-state index contributed by atoms with van der Waals surface area (Å²) >= 11 is 4.02. The third kappa shape index (κ3) is 3.33. The highest BCUT2D eigenvalue weighted by atomic mass is 32.1. The molecular formula is C11H11N3OS. The molecular weight excluding hydrogens is 222 g/mol. The number of hydrogen-bond acceptors (Lipinski definition) is 4. The molecule has 1 aromatic carbocycles. The van der Waals surface area contributed by atoms with Crippen molar-refractivity contribution in [2.24, 2.45) is 5.73 Å². The van der Waals surface area contributed by atoms with Crippen molar-refractivity contribution in [3.63, 3.8) is 0 Å². The van der Waals surface area contributed by atoms with Crippen LogP contribution in [0, 0.1) is 11.3 Å². The molecule has 0 atom stereocenters. The molecule has 0 aliphatic rings. The summed E-state index contributed by atoms with van der Waals surface area (Å²) in [6.07, 6.45) is 0. The minimum atomic E-state index is -0.784. The summed E-state index contributed by atoms with van der Waals surface area (Å²) in [5.74, 6) is -0.784. The van der Waals surface area contributed by atoms with Crippen molar-refractivity contribution >= 4 is 18.5 Å². The van der Waals surface area contributed by atoms with Crippen LogP contribution >= 0.6 is 12.6 Å². The van der Waals surface area contributed by atoms with Gasteiger partial charge in [-0.3, -0.25) is 4.79 Å². The van der Waals surface area contributed by atoms with Gasteiger partial charge >= 0.3 is 0 Å². The number of hydrogen-bond donors (Lipinski definition) is 3. The Morgan fingerprint density at radius 1 is 1.44 bits per heavy atom. The predicted octanol–water partition coefficient (Wildman–Crippen LogP) is 0.926. The zero-order valence-electron chi connectivity index (χ0n) is 8.47. The zero-order valence-corrected chi connectivity index (χ0v) is 9.37. The number of nitrogens with zero attached hydrogens (tertiary/aromatic N) is 1. The molecule has 0 radical (unpaired) electrons. The van der Waals surface area contributed by atoms with Gasteiger partial charge in [0, 0.05) is 6.54 Å². The van der Waals surface area contributed by atoms with Gasteiger partial charge in [-0.05, 0) is 5.56 Å². The van der Waals surface area contributed by atoms with Crippen molar-refractivity contribution < 1.29 is 4.79 Å². The van der Waals surface area contributed by atoms with E-state index in [-0.39, 0.29) is 10.6 Å². The van der Waals surface area contributed by atoms with Crippen LogP contribution in [0.1, 0.15) is 5.56 Å². The maximum atomic E-state index is 10.8. The van der Waals surface area contributed by atoms with Gasteiger partial charge in [0.15, 0.2) is 0 Å². The number of nitrogens with two attached hydrogens (primary N) is 1. The first-order valence-corrected chi connectivity index (χ1v) is 5.01. The summed E-state index contributed by atoms with van der Waals surface area (Å²) < 4.78 is 0. The van der Waals surface area contributed by atoms with Gasteiger partial charge in [-0.1, -0.05) is 30.3 Å². The predicted molar refractivity (Wildman–Crippen MR) is 64.1 cm³/mol. The van der Waals surface area contributed by atoms with E-state index in [0.717, 1.165) is 5.56 Å². The lowest BCUT2D eigenvalue weighted by atomic mass is 10.2. The topological polar surface area (TPSA) is 78.9 Å². The van der Waals surface area contributed by atoms with E-state index in [0.29, 0.717) is 6.54 Å². The van der Waals surface area contributed by atoms with E-state index in [9.17, 15) is 4.79 Å². The molecule has 1 aromatic rings. The van der Waals surface area contributed by atoms with Gasteiger partial charge in [0.2, 0.25) is 0 Å². The number of nitrogens with one attached hydrogen (secondary N) is 1. The second-order valence-electron chi connectivity index (χ2n) is 3.04. The van der Waals surface area contributed by atoms with Gasteiger partial charge in [-0.2, -0.15) is 5.26 Å². The second kappa shape index (κ2) is 5.83. The Morgan fingerprint density at radius 3 is 2.56 bits per heavy atom. The van der Waals surface area contributed by atoms with Gasteiger partial charge in [0.05, 0.1) is 5.03 Å². The monoisotopic (exact) mass is 233 g/mol. The Labute approximate surface area is 99.2 Å². The first-order chi connectivity index (χ1) is 7.65. The van der Waals surface area contributed by atoms with E-state index in [4.69, 9.17) is 11.0 Å². The third-order valence-corrected chi connectivity index (χ3v) is 2.28. The standard InChI is InChI=1S/C11H11N3OS/c12-6-9(10(13)15)11(16)14-7-8-4-2-1-3-5-8/h1-5,14,16H,7H2,(H2,13,15)/b11-9+. The molecule has 0 aromatic heterocycles. The summed E-state index contributed by atoms with van der Waals surface area (Å²) in [4.78, 5) is 10.8. The summed E-state index contributed by atoms with van der Waals surface area (Å²) in [5.41, 5.74) is 5.87. The highest BCUT2D eigenvalue weighted by molar-refractivity contribution is 7.84. The van der Waals surface area contributed by atoms with Crippen LogP contribution in [0.3, 0.4) is 0 Å². The van der Waals surface area contributed by atoms with Crippen LogP contribution in [0.25, 0.3) is 0 Å². The lowest BCUT2D eigenvalue weighted by Gasteiger charge is -2.06. The minimum absolute atomic E-state index is 0.167. The van der Waals surface area contributed by atoms with E-state index in [1.54, 1.807) is 6.07 Å². The molecule has 0 spiro atoms. The number of carbonyl (C=O) groups is 1. The van der Waals surface area contributed by atoms with Gasteiger partial charge < -0.3 is 11.1 Å². The van der Waals surface area contributed by atoms with E-state index < -0.39 is 5.91 Å². The lowest BCUT2D eigenvalue weighted by molar-refractivity contribution is -0.114. The highest BCUT2D eigenvalue weighted by Crippen LogP contribution is 2.06. The first-order valence-electron chi connectivity index (χ1n) is 4.56. The van der Waals surface area contributed by atoms with Crippen molar-refractivity contribution in [2.45, 2.75) is 6.54 Å². The fourth-order valence-corrected chi connectivity index (χ4v) is 1.33. The van der Waals surface area contributed by atoms with Gasteiger partial charge in [0.25, 0.3) is 5.91 Å². The molecule has 0 fully saturated rings. The molecule has 0 saturated heterocycles. The fraction of sp³-hybridized carbons (Fsp3) is 0.0909. The van der Waals surface area contributed by atoms with Crippen molar-refractivity contribution in [3.05, 3.63) is 46.5 Å². The number of nitriles is 1. The Bertz CT molecular complexity index is 448. The molecule has 0 unspecified atom stereocenters.